The molecule has 0 spiro atoms. The first-order valence-electron chi connectivity index (χ1n) is 11.9. The van der Waals surface area contributed by atoms with Gasteiger partial charge < -0.3 is 19.1 Å². The van der Waals surface area contributed by atoms with E-state index in [-0.39, 0.29) is 5.91 Å². The van der Waals surface area contributed by atoms with Crippen molar-refractivity contribution >= 4 is 5.91 Å². The number of amides is 1. The molecule has 0 saturated carbocycles. The molecule has 0 aliphatic rings. The van der Waals surface area contributed by atoms with E-state index in [0.717, 1.165) is 23.2 Å². The first-order valence-corrected chi connectivity index (χ1v) is 11.9. The van der Waals surface area contributed by atoms with Gasteiger partial charge in [0, 0.05) is 24.7 Å². The highest BCUT2D eigenvalue weighted by molar-refractivity contribution is 5.94. The van der Waals surface area contributed by atoms with Crippen LogP contribution in [0.25, 0.3) is 11.3 Å². The average molecular weight is 486 g/mol. The third-order valence-electron chi connectivity index (χ3n) is 5.86. The quantitative estimate of drug-likeness (QED) is 0.278. The van der Waals surface area contributed by atoms with Crippen LogP contribution in [-0.4, -0.2) is 41.4 Å². The first kappa shape index (κ1) is 24.9. The number of hydrogen-bond acceptors (Lipinski definition) is 5. The van der Waals surface area contributed by atoms with Crippen molar-refractivity contribution in [2.24, 2.45) is 7.05 Å². The summed E-state index contributed by atoms with van der Waals surface area (Å²) in [5.41, 5.74) is 3.10. The minimum atomic E-state index is -0.0816. The molecule has 0 saturated heterocycles. The van der Waals surface area contributed by atoms with Crippen molar-refractivity contribution in [3.63, 3.8) is 0 Å². The van der Waals surface area contributed by atoms with Gasteiger partial charge in [-0.15, -0.1) is 0 Å². The Balaban J connectivity index is 1.78. The van der Waals surface area contributed by atoms with Crippen molar-refractivity contribution in [3.8, 4) is 34.4 Å². The number of aromatic nitrogens is 2. The van der Waals surface area contributed by atoms with Gasteiger partial charge >= 0.3 is 0 Å². The van der Waals surface area contributed by atoms with Crippen molar-refractivity contribution in [2.45, 2.75) is 19.9 Å². The van der Waals surface area contributed by atoms with Crippen LogP contribution in [-0.2, 0) is 13.6 Å². The van der Waals surface area contributed by atoms with Gasteiger partial charge in [0.15, 0.2) is 11.5 Å². The molecule has 0 radical (unpaired) electrons. The topological polar surface area (TPSA) is 65.8 Å². The fraction of sp³-hybridized carbons (Fsp3) is 0.241. The minimum Gasteiger partial charge on any atom is -0.497 e. The zero-order valence-electron chi connectivity index (χ0n) is 21.1. The molecular formula is C29H31N3O4. The number of para-hydroxylation sites is 2. The largest absolute Gasteiger partial charge is 0.497 e. The highest BCUT2D eigenvalue weighted by atomic mass is 16.5. The van der Waals surface area contributed by atoms with E-state index in [1.54, 1.807) is 31.0 Å². The Morgan fingerprint density at radius 3 is 2.33 bits per heavy atom. The molecule has 0 atom stereocenters. The summed E-state index contributed by atoms with van der Waals surface area (Å²) in [5, 5.41) is 4.80. The average Bonchev–Trinajstić information content (AvgIpc) is 3.23. The van der Waals surface area contributed by atoms with Gasteiger partial charge in [-0.2, -0.15) is 5.10 Å². The van der Waals surface area contributed by atoms with Gasteiger partial charge in [-0.05, 0) is 36.8 Å². The predicted octanol–water partition coefficient (Wildman–Crippen LogP) is 5.95. The van der Waals surface area contributed by atoms with Crippen molar-refractivity contribution in [1.29, 1.82) is 0 Å². The van der Waals surface area contributed by atoms with Crippen LogP contribution >= 0.6 is 0 Å². The molecule has 0 bridgehead atoms. The minimum absolute atomic E-state index is 0.0816. The number of carbonyl (C=O) groups excluding carboxylic acids is 1. The molecule has 0 N–H and O–H groups in total. The van der Waals surface area contributed by atoms with E-state index < -0.39 is 0 Å². The maximum Gasteiger partial charge on any atom is 0.254 e. The number of ether oxygens (including phenoxy) is 3. The molecule has 7 heteroatoms. The predicted molar refractivity (Wildman–Crippen MR) is 140 cm³/mol. The third-order valence-corrected chi connectivity index (χ3v) is 5.86. The van der Waals surface area contributed by atoms with E-state index in [4.69, 9.17) is 19.3 Å². The molecule has 0 aliphatic heterocycles. The van der Waals surface area contributed by atoms with Crippen molar-refractivity contribution < 1.29 is 19.0 Å². The lowest BCUT2D eigenvalue weighted by molar-refractivity contribution is 0.0742. The second-order valence-electron chi connectivity index (χ2n) is 8.33. The molecule has 0 fully saturated rings. The van der Waals surface area contributed by atoms with Gasteiger partial charge in [0.25, 0.3) is 5.91 Å². The summed E-state index contributed by atoms with van der Waals surface area (Å²) >= 11 is 0. The molecule has 3 aromatic carbocycles. The Bertz CT molecular complexity index is 1320. The van der Waals surface area contributed by atoms with Crippen LogP contribution in [0.1, 0.15) is 29.3 Å². The standard InChI is InChI=1S/C29H31N3O4/c1-5-18-32(28(33)22-14-11-15-23(19-22)34-3)20-24-27(21-12-7-6-8-13-21)30-31(2)29(24)36-26-17-10-9-16-25(26)35-4/h6-17,19H,5,18,20H2,1-4H3. The van der Waals surface area contributed by atoms with Crippen LogP contribution < -0.4 is 14.2 Å². The number of hydrogen-bond donors (Lipinski definition) is 0. The number of methoxy groups -OCH3 is 2. The second kappa shape index (κ2) is 11.4. The van der Waals surface area contributed by atoms with Crippen LogP contribution in [0, 0.1) is 0 Å². The van der Waals surface area contributed by atoms with Crippen LogP contribution in [0.15, 0.2) is 78.9 Å². The number of aryl methyl sites for hydroxylation is 1. The van der Waals surface area contributed by atoms with E-state index in [1.165, 1.54) is 0 Å². The third kappa shape index (κ3) is 5.35. The Hall–Kier alpha value is -4.26. The molecular weight excluding hydrogens is 454 g/mol. The number of rotatable bonds is 10. The highest BCUT2D eigenvalue weighted by Gasteiger charge is 2.25. The zero-order chi connectivity index (χ0) is 25.5. The van der Waals surface area contributed by atoms with Crippen molar-refractivity contribution in [1.82, 2.24) is 14.7 Å². The maximum atomic E-state index is 13.6. The fourth-order valence-corrected chi connectivity index (χ4v) is 4.11. The van der Waals surface area contributed by atoms with E-state index in [2.05, 4.69) is 6.92 Å². The zero-order valence-corrected chi connectivity index (χ0v) is 21.1. The molecule has 1 aromatic heterocycles. The summed E-state index contributed by atoms with van der Waals surface area (Å²) in [6, 6.07) is 24.6. The molecule has 4 aromatic rings. The fourth-order valence-electron chi connectivity index (χ4n) is 4.11. The van der Waals surface area contributed by atoms with Gasteiger partial charge in [0.1, 0.15) is 11.4 Å². The SMILES string of the molecule is CCCN(Cc1c(-c2ccccc2)nn(C)c1Oc1ccccc1OC)C(=O)c1cccc(OC)c1. The lowest BCUT2D eigenvalue weighted by Crippen LogP contribution is -2.31. The first-order chi connectivity index (χ1) is 17.5. The van der Waals surface area contributed by atoms with Gasteiger partial charge in [-0.25, -0.2) is 4.68 Å². The van der Waals surface area contributed by atoms with E-state index in [0.29, 0.717) is 41.8 Å². The van der Waals surface area contributed by atoms with Crippen LogP contribution in [0.5, 0.6) is 23.1 Å². The number of nitrogens with zero attached hydrogens (tertiary/aromatic N) is 3. The Kier molecular flexibility index (Phi) is 7.90. The Morgan fingerprint density at radius 1 is 0.917 bits per heavy atom. The second-order valence-corrected chi connectivity index (χ2v) is 8.33. The van der Waals surface area contributed by atoms with E-state index in [9.17, 15) is 4.79 Å². The lowest BCUT2D eigenvalue weighted by Gasteiger charge is -2.23. The normalized spacial score (nSPS) is 10.7. The van der Waals surface area contributed by atoms with Gasteiger partial charge in [0.05, 0.1) is 26.3 Å². The maximum absolute atomic E-state index is 13.6. The lowest BCUT2D eigenvalue weighted by atomic mass is 10.1. The molecule has 1 amide bonds. The summed E-state index contributed by atoms with van der Waals surface area (Å²) < 4.78 is 18.9. The van der Waals surface area contributed by atoms with E-state index >= 15 is 0 Å². The molecule has 0 unspecified atom stereocenters. The Labute approximate surface area is 211 Å². The van der Waals surface area contributed by atoms with Crippen LogP contribution in [0.4, 0.5) is 0 Å². The monoisotopic (exact) mass is 485 g/mol. The van der Waals surface area contributed by atoms with Crippen LogP contribution in [0.2, 0.25) is 0 Å². The number of benzene rings is 3. The summed E-state index contributed by atoms with van der Waals surface area (Å²) in [4.78, 5) is 15.4. The highest BCUT2D eigenvalue weighted by Crippen LogP contribution is 2.37. The smallest absolute Gasteiger partial charge is 0.254 e. The van der Waals surface area contributed by atoms with Gasteiger partial charge in [-0.3, -0.25) is 4.79 Å². The summed E-state index contributed by atoms with van der Waals surface area (Å²) in [6.07, 6.45) is 0.805. The van der Waals surface area contributed by atoms with Crippen molar-refractivity contribution in [3.05, 3.63) is 90.0 Å². The van der Waals surface area contributed by atoms with E-state index in [1.807, 2.05) is 78.7 Å². The van der Waals surface area contributed by atoms with Crippen molar-refractivity contribution in [2.75, 3.05) is 20.8 Å². The molecule has 0 aliphatic carbocycles. The molecule has 4 rings (SSSR count). The molecule has 186 valence electrons. The molecule has 7 nitrogen and oxygen atoms in total. The Morgan fingerprint density at radius 2 is 1.64 bits per heavy atom. The molecule has 1 heterocycles. The summed E-state index contributed by atoms with van der Waals surface area (Å²) in [6.45, 7) is 2.96. The number of carbonyl (C=O) groups is 1. The van der Waals surface area contributed by atoms with Gasteiger partial charge in [0.2, 0.25) is 5.88 Å². The summed E-state index contributed by atoms with van der Waals surface area (Å²) in [5.74, 6) is 2.30. The van der Waals surface area contributed by atoms with Crippen LogP contribution in [0.3, 0.4) is 0 Å². The van der Waals surface area contributed by atoms with Gasteiger partial charge in [-0.1, -0.05) is 55.5 Å². The molecule has 36 heavy (non-hydrogen) atoms. The summed E-state index contributed by atoms with van der Waals surface area (Å²) in [7, 11) is 5.04.